The van der Waals surface area contributed by atoms with Gasteiger partial charge < -0.3 is 5.11 Å². The molecule has 19 heavy (non-hydrogen) atoms. The Hall–Kier alpha value is -0.820. The maximum Gasteiger partial charge on any atom is 0.0820 e. The normalized spacial score (nSPS) is 32.6. The zero-order valence-corrected chi connectivity index (χ0v) is 12.0. The van der Waals surface area contributed by atoms with Crippen molar-refractivity contribution in [3.63, 3.8) is 0 Å². The van der Waals surface area contributed by atoms with Crippen molar-refractivity contribution in [3.8, 4) is 0 Å². The van der Waals surface area contributed by atoms with Crippen LogP contribution in [-0.4, -0.2) is 5.11 Å². The predicted octanol–water partition coefficient (Wildman–Crippen LogP) is 4.63. The van der Waals surface area contributed by atoms with Gasteiger partial charge in [-0.1, -0.05) is 49.9 Å². The summed E-state index contributed by atoms with van der Waals surface area (Å²) in [4.78, 5) is 0. The number of rotatable bonds is 2. The molecule has 0 bridgehead atoms. The van der Waals surface area contributed by atoms with E-state index in [9.17, 15) is 5.11 Å². The van der Waals surface area contributed by atoms with Crippen LogP contribution in [0.5, 0.6) is 0 Å². The molecule has 1 heteroatoms. The zero-order chi connectivity index (χ0) is 13.2. The summed E-state index contributed by atoms with van der Waals surface area (Å²) in [6.07, 6.45) is 9.26. The molecule has 0 spiro atoms. The molecule has 0 saturated heterocycles. The van der Waals surface area contributed by atoms with Crippen LogP contribution < -0.4 is 0 Å². The summed E-state index contributed by atoms with van der Waals surface area (Å²) in [5.41, 5.74) is 2.39. The monoisotopic (exact) mass is 258 g/mol. The lowest BCUT2D eigenvalue weighted by atomic mass is 9.66. The third kappa shape index (κ3) is 2.72. The largest absolute Gasteiger partial charge is 0.388 e. The van der Waals surface area contributed by atoms with Crippen LogP contribution in [0.15, 0.2) is 24.3 Å². The lowest BCUT2D eigenvalue weighted by Crippen LogP contribution is -2.30. The quantitative estimate of drug-likeness (QED) is 0.819. The molecule has 1 aromatic carbocycles. The van der Waals surface area contributed by atoms with Crippen LogP contribution in [-0.2, 0) is 0 Å². The van der Waals surface area contributed by atoms with Crippen molar-refractivity contribution in [2.45, 2.75) is 58.0 Å². The first-order chi connectivity index (χ1) is 9.25. The Morgan fingerprint density at radius 3 is 2.53 bits per heavy atom. The predicted molar refractivity (Wildman–Crippen MR) is 78.9 cm³/mol. The van der Waals surface area contributed by atoms with Gasteiger partial charge in [-0.25, -0.2) is 0 Å². The SMILES string of the molecule is Cc1ccccc1C(O)C1CCC2CCCCC2C1. The molecule has 1 aromatic rings. The van der Waals surface area contributed by atoms with Crippen LogP contribution >= 0.6 is 0 Å². The molecular weight excluding hydrogens is 232 g/mol. The fourth-order valence-corrected chi connectivity index (χ4v) is 4.37. The van der Waals surface area contributed by atoms with Crippen molar-refractivity contribution >= 4 is 0 Å². The second-order valence-electron chi connectivity index (χ2n) is 6.68. The van der Waals surface area contributed by atoms with Crippen molar-refractivity contribution in [2.75, 3.05) is 0 Å². The van der Waals surface area contributed by atoms with Crippen LogP contribution in [0.1, 0.15) is 62.2 Å². The van der Waals surface area contributed by atoms with Gasteiger partial charge in [0, 0.05) is 0 Å². The van der Waals surface area contributed by atoms with E-state index < -0.39 is 0 Å². The summed E-state index contributed by atoms with van der Waals surface area (Å²) in [6.45, 7) is 2.12. The maximum atomic E-state index is 10.7. The lowest BCUT2D eigenvalue weighted by Gasteiger charge is -2.41. The van der Waals surface area contributed by atoms with Crippen molar-refractivity contribution in [1.82, 2.24) is 0 Å². The van der Waals surface area contributed by atoms with Gasteiger partial charge in [-0.05, 0) is 55.1 Å². The summed E-state index contributed by atoms with van der Waals surface area (Å²) in [6, 6.07) is 8.33. The molecule has 0 radical (unpaired) electrons. The summed E-state index contributed by atoms with van der Waals surface area (Å²) in [5, 5.41) is 10.7. The van der Waals surface area contributed by atoms with Crippen LogP contribution in [0, 0.1) is 24.7 Å². The molecular formula is C18H26O. The smallest absolute Gasteiger partial charge is 0.0820 e. The number of hydrogen-bond donors (Lipinski definition) is 1. The summed E-state index contributed by atoms with van der Waals surface area (Å²) in [5.74, 6) is 2.35. The standard InChI is InChI=1S/C18H26O/c1-13-6-2-5-9-17(13)18(19)16-11-10-14-7-3-4-8-15(14)12-16/h2,5-6,9,14-16,18-19H,3-4,7-8,10-12H2,1H3. The lowest BCUT2D eigenvalue weighted by molar-refractivity contribution is 0.0346. The number of hydrogen-bond acceptors (Lipinski definition) is 1. The molecule has 2 aliphatic rings. The van der Waals surface area contributed by atoms with Crippen LogP contribution in [0.25, 0.3) is 0 Å². The molecule has 0 aliphatic heterocycles. The van der Waals surface area contributed by atoms with Gasteiger partial charge in [-0.3, -0.25) is 0 Å². The highest BCUT2D eigenvalue weighted by atomic mass is 16.3. The van der Waals surface area contributed by atoms with Crippen molar-refractivity contribution < 1.29 is 5.11 Å². The molecule has 2 saturated carbocycles. The molecule has 1 N–H and O–H groups in total. The third-order valence-electron chi connectivity index (χ3n) is 5.53. The van der Waals surface area contributed by atoms with E-state index in [-0.39, 0.29) is 6.10 Å². The minimum absolute atomic E-state index is 0.246. The Morgan fingerprint density at radius 2 is 1.74 bits per heavy atom. The van der Waals surface area contributed by atoms with E-state index in [0.717, 1.165) is 17.4 Å². The minimum atomic E-state index is -0.246. The Bertz CT molecular complexity index is 425. The number of fused-ring (bicyclic) bond motifs is 1. The fourth-order valence-electron chi connectivity index (χ4n) is 4.37. The Labute approximate surface area is 117 Å². The molecule has 0 amide bonds. The van der Waals surface area contributed by atoms with E-state index in [2.05, 4.69) is 31.2 Å². The maximum absolute atomic E-state index is 10.7. The van der Waals surface area contributed by atoms with Crippen LogP contribution in [0.4, 0.5) is 0 Å². The molecule has 0 aromatic heterocycles. The minimum Gasteiger partial charge on any atom is -0.388 e. The number of aryl methyl sites for hydroxylation is 1. The molecule has 1 nitrogen and oxygen atoms in total. The molecule has 4 unspecified atom stereocenters. The number of aliphatic hydroxyl groups is 1. The Balaban J connectivity index is 1.71. The van der Waals surface area contributed by atoms with Gasteiger partial charge in [0.1, 0.15) is 0 Å². The second-order valence-corrected chi connectivity index (χ2v) is 6.68. The van der Waals surface area contributed by atoms with E-state index >= 15 is 0 Å². The van der Waals surface area contributed by atoms with Crippen LogP contribution in [0.2, 0.25) is 0 Å². The van der Waals surface area contributed by atoms with Gasteiger partial charge in [-0.2, -0.15) is 0 Å². The molecule has 0 heterocycles. The summed E-state index contributed by atoms with van der Waals surface area (Å²) in [7, 11) is 0. The van der Waals surface area contributed by atoms with Crippen molar-refractivity contribution in [1.29, 1.82) is 0 Å². The molecule has 4 atom stereocenters. The van der Waals surface area contributed by atoms with Crippen LogP contribution in [0.3, 0.4) is 0 Å². The first-order valence-electron chi connectivity index (χ1n) is 7.99. The number of benzene rings is 1. The summed E-state index contributed by atoms with van der Waals surface area (Å²) >= 11 is 0. The highest BCUT2D eigenvalue weighted by Gasteiger charge is 2.35. The average Bonchev–Trinajstić information content (AvgIpc) is 2.46. The van der Waals surface area contributed by atoms with E-state index in [0.29, 0.717) is 5.92 Å². The van der Waals surface area contributed by atoms with E-state index in [4.69, 9.17) is 0 Å². The van der Waals surface area contributed by atoms with Crippen molar-refractivity contribution in [2.24, 2.45) is 17.8 Å². The molecule has 3 rings (SSSR count). The topological polar surface area (TPSA) is 20.2 Å². The molecule has 2 aliphatic carbocycles. The highest BCUT2D eigenvalue weighted by Crippen LogP contribution is 2.46. The number of aliphatic hydroxyl groups excluding tert-OH is 1. The second kappa shape index (κ2) is 5.66. The first kappa shape index (κ1) is 13.2. The van der Waals surface area contributed by atoms with Gasteiger partial charge in [-0.15, -0.1) is 0 Å². The summed E-state index contributed by atoms with van der Waals surface area (Å²) < 4.78 is 0. The van der Waals surface area contributed by atoms with Gasteiger partial charge in [0.15, 0.2) is 0 Å². The third-order valence-corrected chi connectivity index (χ3v) is 5.53. The Kier molecular flexibility index (Phi) is 3.93. The first-order valence-corrected chi connectivity index (χ1v) is 7.99. The van der Waals surface area contributed by atoms with Crippen molar-refractivity contribution in [3.05, 3.63) is 35.4 Å². The fraction of sp³-hybridized carbons (Fsp3) is 0.667. The van der Waals surface area contributed by atoms with E-state index in [1.165, 1.54) is 50.5 Å². The molecule has 2 fully saturated rings. The van der Waals surface area contributed by atoms with Gasteiger partial charge in [0.2, 0.25) is 0 Å². The highest BCUT2D eigenvalue weighted by molar-refractivity contribution is 5.28. The average molecular weight is 258 g/mol. The molecule has 104 valence electrons. The van der Waals surface area contributed by atoms with E-state index in [1.807, 2.05) is 0 Å². The van der Waals surface area contributed by atoms with Gasteiger partial charge in [0.05, 0.1) is 6.10 Å². The van der Waals surface area contributed by atoms with Gasteiger partial charge >= 0.3 is 0 Å². The Morgan fingerprint density at radius 1 is 1.00 bits per heavy atom. The van der Waals surface area contributed by atoms with E-state index in [1.54, 1.807) is 0 Å². The zero-order valence-electron chi connectivity index (χ0n) is 12.0. The van der Waals surface area contributed by atoms with Gasteiger partial charge in [0.25, 0.3) is 0 Å².